The number of anilines is 1. The zero-order valence-corrected chi connectivity index (χ0v) is 17.9. The van der Waals surface area contributed by atoms with Gasteiger partial charge in [0, 0.05) is 32.4 Å². The first-order chi connectivity index (χ1) is 14.7. The van der Waals surface area contributed by atoms with E-state index in [2.05, 4.69) is 16.0 Å². The maximum Gasteiger partial charge on any atom is 0.272 e. The molecule has 1 amide bonds. The van der Waals surface area contributed by atoms with Crippen molar-refractivity contribution in [1.29, 1.82) is 0 Å². The molecule has 0 radical (unpaired) electrons. The topological polar surface area (TPSA) is 63.0 Å². The van der Waals surface area contributed by atoms with Crippen LogP contribution in [0.4, 0.5) is 5.13 Å². The number of pyridine rings is 1. The summed E-state index contributed by atoms with van der Waals surface area (Å²) in [5.41, 5.74) is 3.14. The molecule has 1 saturated heterocycles. The van der Waals surface area contributed by atoms with Gasteiger partial charge < -0.3 is 14.5 Å². The molecule has 0 bridgehead atoms. The van der Waals surface area contributed by atoms with Gasteiger partial charge in [-0.05, 0) is 38.1 Å². The summed E-state index contributed by atoms with van der Waals surface area (Å²) in [7, 11) is 0. The number of imidazole rings is 1. The van der Waals surface area contributed by atoms with E-state index < -0.39 is 0 Å². The smallest absolute Gasteiger partial charge is 0.272 e. The van der Waals surface area contributed by atoms with Crippen molar-refractivity contribution in [3.05, 3.63) is 54.0 Å². The lowest BCUT2D eigenvalue weighted by Crippen LogP contribution is -2.49. The number of fused-ring (bicyclic) bond motifs is 2. The Bertz CT molecular complexity index is 1220. The molecule has 3 aromatic heterocycles. The highest BCUT2D eigenvalue weighted by atomic mass is 32.1. The zero-order valence-electron chi connectivity index (χ0n) is 17.0. The molecule has 5 rings (SSSR count). The molecule has 0 saturated carbocycles. The molecular weight excluding hydrogens is 398 g/mol. The molecule has 1 aromatic carbocycles. The van der Waals surface area contributed by atoms with Gasteiger partial charge in [0.25, 0.3) is 5.91 Å². The lowest BCUT2D eigenvalue weighted by molar-refractivity contribution is 0.0739. The molecular formula is C22H23N5O2S. The Morgan fingerprint density at radius 3 is 2.73 bits per heavy atom. The number of hydrogen-bond acceptors (Lipinski definition) is 6. The molecule has 8 heteroatoms. The van der Waals surface area contributed by atoms with Gasteiger partial charge in [-0.25, -0.2) is 9.97 Å². The maximum atomic E-state index is 13.2. The van der Waals surface area contributed by atoms with Crippen molar-refractivity contribution in [2.45, 2.75) is 13.8 Å². The molecule has 4 aromatic rings. The van der Waals surface area contributed by atoms with Crippen LogP contribution in [0.3, 0.4) is 0 Å². The SMILES string of the molecule is CCOc1cccc2sc(N3CCN(C(=O)c4c(C)nc5ccccn45)CC3)nc12. The number of carbonyl (C=O) groups is 1. The molecule has 0 aliphatic carbocycles. The highest BCUT2D eigenvalue weighted by Gasteiger charge is 2.27. The van der Waals surface area contributed by atoms with Crippen molar-refractivity contribution in [1.82, 2.24) is 19.3 Å². The fourth-order valence-corrected chi connectivity index (χ4v) is 4.98. The first-order valence-electron chi connectivity index (χ1n) is 10.2. The highest BCUT2D eigenvalue weighted by Crippen LogP contribution is 2.34. The number of piperazine rings is 1. The average Bonchev–Trinajstić information content (AvgIpc) is 3.34. The Labute approximate surface area is 178 Å². The van der Waals surface area contributed by atoms with Crippen molar-refractivity contribution >= 4 is 38.2 Å². The lowest BCUT2D eigenvalue weighted by Gasteiger charge is -2.34. The van der Waals surface area contributed by atoms with Crippen LogP contribution in [0.2, 0.25) is 0 Å². The molecule has 0 N–H and O–H groups in total. The molecule has 154 valence electrons. The van der Waals surface area contributed by atoms with Crippen LogP contribution >= 0.6 is 11.3 Å². The van der Waals surface area contributed by atoms with Crippen LogP contribution in [-0.4, -0.2) is 58.0 Å². The molecule has 4 heterocycles. The van der Waals surface area contributed by atoms with Crippen LogP contribution in [0.25, 0.3) is 15.9 Å². The van der Waals surface area contributed by atoms with Gasteiger partial charge >= 0.3 is 0 Å². The third-order valence-corrected chi connectivity index (χ3v) is 6.50. The highest BCUT2D eigenvalue weighted by molar-refractivity contribution is 7.22. The summed E-state index contributed by atoms with van der Waals surface area (Å²) in [4.78, 5) is 26.7. The molecule has 0 atom stereocenters. The van der Waals surface area contributed by atoms with Gasteiger partial charge in [-0.2, -0.15) is 0 Å². The van der Waals surface area contributed by atoms with E-state index in [0.717, 1.165) is 45.5 Å². The second kappa shape index (κ2) is 7.60. The van der Waals surface area contributed by atoms with Gasteiger partial charge in [0.2, 0.25) is 0 Å². The largest absolute Gasteiger partial charge is 0.492 e. The summed E-state index contributed by atoms with van der Waals surface area (Å²) in [5, 5.41) is 0.982. The van der Waals surface area contributed by atoms with E-state index in [4.69, 9.17) is 9.72 Å². The molecule has 0 spiro atoms. The van der Waals surface area contributed by atoms with Crippen LogP contribution in [0.15, 0.2) is 42.6 Å². The van der Waals surface area contributed by atoms with Gasteiger partial charge in [-0.1, -0.05) is 23.5 Å². The Balaban J connectivity index is 1.34. The number of benzene rings is 1. The minimum atomic E-state index is 0.0359. The fourth-order valence-electron chi connectivity index (χ4n) is 3.94. The van der Waals surface area contributed by atoms with E-state index in [-0.39, 0.29) is 5.91 Å². The van der Waals surface area contributed by atoms with Gasteiger partial charge in [-0.15, -0.1) is 0 Å². The molecule has 7 nitrogen and oxygen atoms in total. The summed E-state index contributed by atoms with van der Waals surface area (Å²) < 4.78 is 8.72. The van der Waals surface area contributed by atoms with Crippen LogP contribution in [-0.2, 0) is 0 Å². The number of hydrogen-bond donors (Lipinski definition) is 0. The molecule has 30 heavy (non-hydrogen) atoms. The molecule has 1 aliphatic rings. The normalized spacial score (nSPS) is 14.6. The van der Waals surface area contributed by atoms with Crippen molar-refractivity contribution < 1.29 is 9.53 Å². The molecule has 1 fully saturated rings. The van der Waals surface area contributed by atoms with Gasteiger partial charge in [0.15, 0.2) is 5.13 Å². The Morgan fingerprint density at radius 2 is 1.93 bits per heavy atom. The Morgan fingerprint density at radius 1 is 1.10 bits per heavy atom. The van der Waals surface area contributed by atoms with Crippen LogP contribution < -0.4 is 9.64 Å². The molecule has 0 unspecified atom stereocenters. The minimum absolute atomic E-state index is 0.0359. The number of thiazole rings is 1. The first kappa shape index (κ1) is 18.9. The third kappa shape index (κ3) is 3.17. The number of amides is 1. The van der Waals surface area contributed by atoms with E-state index in [1.165, 1.54) is 0 Å². The number of rotatable bonds is 4. The van der Waals surface area contributed by atoms with Crippen molar-refractivity contribution in [3.8, 4) is 5.75 Å². The quantitative estimate of drug-likeness (QED) is 0.504. The molecule has 1 aliphatic heterocycles. The van der Waals surface area contributed by atoms with Gasteiger partial charge in [0.1, 0.15) is 22.6 Å². The maximum absolute atomic E-state index is 13.2. The second-order valence-electron chi connectivity index (χ2n) is 7.29. The summed E-state index contributed by atoms with van der Waals surface area (Å²) in [6.07, 6.45) is 1.90. The van der Waals surface area contributed by atoms with E-state index in [1.807, 2.05) is 59.7 Å². The predicted molar refractivity (Wildman–Crippen MR) is 119 cm³/mol. The third-order valence-electron chi connectivity index (χ3n) is 5.41. The second-order valence-corrected chi connectivity index (χ2v) is 8.30. The number of para-hydroxylation sites is 1. The van der Waals surface area contributed by atoms with Crippen LogP contribution in [0.5, 0.6) is 5.75 Å². The predicted octanol–water partition coefficient (Wildman–Crippen LogP) is 3.61. The van der Waals surface area contributed by atoms with Gasteiger partial charge in [-0.3, -0.25) is 9.20 Å². The number of aryl methyl sites for hydroxylation is 1. The van der Waals surface area contributed by atoms with Crippen LogP contribution in [0.1, 0.15) is 23.1 Å². The monoisotopic (exact) mass is 421 g/mol. The van der Waals surface area contributed by atoms with Gasteiger partial charge in [0.05, 0.1) is 17.0 Å². The fraction of sp³-hybridized carbons (Fsp3) is 0.318. The zero-order chi connectivity index (χ0) is 20.7. The minimum Gasteiger partial charge on any atom is -0.492 e. The first-order valence-corrected chi connectivity index (χ1v) is 11.0. The average molecular weight is 422 g/mol. The number of ether oxygens (including phenoxy) is 1. The summed E-state index contributed by atoms with van der Waals surface area (Å²) in [6, 6.07) is 11.8. The van der Waals surface area contributed by atoms with E-state index in [0.29, 0.717) is 25.4 Å². The standard InChI is InChI=1S/C22H23N5O2S/c1-3-29-16-7-6-8-17-19(16)24-22(30-17)26-13-11-25(12-14-26)21(28)20-15(2)23-18-9-4-5-10-27(18)20/h4-10H,3,11-14H2,1-2H3. The number of aromatic nitrogens is 3. The lowest BCUT2D eigenvalue weighted by atomic mass is 10.2. The summed E-state index contributed by atoms with van der Waals surface area (Å²) in [5.74, 6) is 0.864. The summed E-state index contributed by atoms with van der Waals surface area (Å²) >= 11 is 1.67. The van der Waals surface area contributed by atoms with Crippen molar-refractivity contribution in [3.63, 3.8) is 0 Å². The Hall–Kier alpha value is -3.13. The van der Waals surface area contributed by atoms with E-state index in [9.17, 15) is 4.79 Å². The van der Waals surface area contributed by atoms with E-state index >= 15 is 0 Å². The van der Waals surface area contributed by atoms with E-state index in [1.54, 1.807) is 11.3 Å². The number of nitrogens with zero attached hydrogens (tertiary/aromatic N) is 5. The number of carbonyl (C=O) groups excluding carboxylic acids is 1. The van der Waals surface area contributed by atoms with Crippen LogP contribution in [0, 0.1) is 6.92 Å². The Kier molecular flexibility index (Phi) is 4.78. The summed E-state index contributed by atoms with van der Waals surface area (Å²) in [6.45, 7) is 7.33. The van der Waals surface area contributed by atoms with Crippen molar-refractivity contribution in [2.75, 3.05) is 37.7 Å². The van der Waals surface area contributed by atoms with Crippen molar-refractivity contribution in [2.24, 2.45) is 0 Å².